The van der Waals surface area contributed by atoms with Crippen molar-refractivity contribution in [1.29, 1.82) is 0 Å². The molecule has 21 heavy (non-hydrogen) atoms. The van der Waals surface area contributed by atoms with Gasteiger partial charge in [0.25, 0.3) is 0 Å². The molecule has 3 aromatic rings. The van der Waals surface area contributed by atoms with Gasteiger partial charge in [0, 0.05) is 12.5 Å². The van der Waals surface area contributed by atoms with Crippen LogP contribution in [0.1, 0.15) is 25.5 Å². The quantitative estimate of drug-likeness (QED) is 0.686. The standard InChI is InChI=1S/C19H18O2/c1-2-3-9-16-13-18(20)17-12-15(10-11-19(17)21-16)14-7-5-4-6-8-14/h4-8,10-13H,2-3,9H2,1H3. The molecular formula is C19H18O2. The predicted molar refractivity (Wildman–Crippen MR) is 86.5 cm³/mol. The van der Waals surface area contributed by atoms with Gasteiger partial charge in [-0.3, -0.25) is 4.79 Å². The maximum atomic E-state index is 12.3. The second kappa shape index (κ2) is 5.96. The van der Waals surface area contributed by atoms with Crippen molar-refractivity contribution in [2.45, 2.75) is 26.2 Å². The summed E-state index contributed by atoms with van der Waals surface area (Å²) in [6.45, 7) is 2.13. The third kappa shape index (κ3) is 2.89. The molecule has 0 spiro atoms. The highest BCUT2D eigenvalue weighted by molar-refractivity contribution is 5.83. The van der Waals surface area contributed by atoms with Gasteiger partial charge in [-0.2, -0.15) is 0 Å². The maximum Gasteiger partial charge on any atom is 0.192 e. The van der Waals surface area contributed by atoms with E-state index >= 15 is 0 Å². The molecule has 0 unspecified atom stereocenters. The molecule has 0 aliphatic rings. The molecule has 2 nitrogen and oxygen atoms in total. The number of hydrogen-bond acceptors (Lipinski definition) is 2. The van der Waals surface area contributed by atoms with Gasteiger partial charge in [-0.05, 0) is 29.7 Å². The van der Waals surface area contributed by atoms with E-state index in [1.54, 1.807) is 6.07 Å². The van der Waals surface area contributed by atoms with Gasteiger partial charge in [0.1, 0.15) is 11.3 Å². The maximum absolute atomic E-state index is 12.3. The van der Waals surface area contributed by atoms with Crippen molar-refractivity contribution in [2.75, 3.05) is 0 Å². The van der Waals surface area contributed by atoms with E-state index in [2.05, 4.69) is 6.92 Å². The van der Waals surface area contributed by atoms with Crippen LogP contribution in [0.2, 0.25) is 0 Å². The molecule has 106 valence electrons. The number of unbranched alkanes of at least 4 members (excludes halogenated alkanes) is 1. The molecule has 0 radical (unpaired) electrons. The van der Waals surface area contributed by atoms with Gasteiger partial charge in [0.15, 0.2) is 5.43 Å². The van der Waals surface area contributed by atoms with Gasteiger partial charge in [-0.25, -0.2) is 0 Å². The summed E-state index contributed by atoms with van der Waals surface area (Å²) in [5.41, 5.74) is 2.86. The predicted octanol–water partition coefficient (Wildman–Crippen LogP) is 4.80. The number of rotatable bonds is 4. The van der Waals surface area contributed by atoms with Crippen molar-refractivity contribution in [2.24, 2.45) is 0 Å². The number of aryl methyl sites for hydroxylation is 1. The molecule has 2 heteroatoms. The first-order chi connectivity index (χ1) is 10.3. The molecule has 0 aliphatic carbocycles. The number of benzene rings is 2. The van der Waals surface area contributed by atoms with Crippen LogP contribution in [-0.2, 0) is 6.42 Å². The normalized spacial score (nSPS) is 10.9. The van der Waals surface area contributed by atoms with E-state index in [0.29, 0.717) is 11.0 Å². The molecule has 0 fully saturated rings. The van der Waals surface area contributed by atoms with Gasteiger partial charge < -0.3 is 4.42 Å². The Labute approximate surface area is 124 Å². The lowest BCUT2D eigenvalue weighted by molar-refractivity contribution is 0.524. The van der Waals surface area contributed by atoms with Crippen molar-refractivity contribution < 1.29 is 4.42 Å². The second-order valence-corrected chi connectivity index (χ2v) is 5.26. The average Bonchev–Trinajstić information content (AvgIpc) is 2.53. The summed E-state index contributed by atoms with van der Waals surface area (Å²) in [7, 11) is 0. The van der Waals surface area contributed by atoms with Crippen LogP contribution in [0.5, 0.6) is 0 Å². The molecule has 1 heterocycles. The van der Waals surface area contributed by atoms with Crippen LogP contribution in [0, 0.1) is 0 Å². The van der Waals surface area contributed by atoms with E-state index in [4.69, 9.17) is 4.42 Å². The van der Waals surface area contributed by atoms with E-state index in [0.717, 1.165) is 36.1 Å². The zero-order valence-corrected chi connectivity index (χ0v) is 12.1. The minimum Gasteiger partial charge on any atom is -0.461 e. The van der Waals surface area contributed by atoms with Crippen molar-refractivity contribution in [3.8, 4) is 11.1 Å². The lowest BCUT2D eigenvalue weighted by Gasteiger charge is -2.05. The Hall–Kier alpha value is -2.35. The lowest BCUT2D eigenvalue weighted by atomic mass is 10.0. The molecule has 3 rings (SSSR count). The van der Waals surface area contributed by atoms with Crippen LogP contribution in [0.4, 0.5) is 0 Å². The summed E-state index contributed by atoms with van der Waals surface area (Å²) in [6, 6.07) is 17.5. The fourth-order valence-corrected chi connectivity index (χ4v) is 2.49. The molecule has 0 atom stereocenters. The molecule has 0 bridgehead atoms. The molecule has 0 aliphatic heterocycles. The first-order valence-corrected chi connectivity index (χ1v) is 7.40. The molecule has 0 saturated heterocycles. The van der Waals surface area contributed by atoms with Crippen LogP contribution < -0.4 is 5.43 Å². The minimum absolute atomic E-state index is 0.0418. The smallest absolute Gasteiger partial charge is 0.192 e. The Morgan fingerprint density at radius 3 is 2.52 bits per heavy atom. The first-order valence-electron chi connectivity index (χ1n) is 7.40. The summed E-state index contributed by atoms with van der Waals surface area (Å²) in [5, 5.41) is 0.650. The highest BCUT2D eigenvalue weighted by Crippen LogP contribution is 2.23. The molecule has 1 aromatic heterocycles. The van der Waals surface area contributed by atoms with E-state index in [1.165, 1.54) is 0 Å². The number of hydrogen-bond donors (Lipinski definition) is 0. The minimum atomic E-state index is 0.0418. The summed E-state index contributed by atoms with van der Waals surface area (Å²) in [5.74, 6) is 0.779. The fraction of sp³-hybridized carbons (Fsp3) is 0.211. The van der Waals surface area contributed by atoms with E-state index in [9.17, 15) is 4.79 Å². The van der Waals surface area contributed by atoms with Gasteiger partial charge in [-0.1, -0.05) is 49.7 Å². The third-order valence-corrected chi connectivity index (χ3v) is 3.66. The van der Waals surface area contributed by atoms with Crippen LogP contribution in [-0.4, -0.2) is 0 Å². The highest BCUT2D eigenvalue weighted by Gasteiger charge is 2.06. The zero-order chi connectivity index (χ0) is 14.7. The third-order valence-electron chi connectivity index (χ3n) is 3.66. The van der Waals surface area contributed by atoms with Crippen molar-refractivity contribution in [3.05, 3.63) is 70.6 Å². The summed E-state index contributed by atoms with van der Waals surface area (Å²) < 4.78 is 5.84. The van der Waals surface area contributed by atoms with Crippen LogP contribution >= 0.6 is 0 Å². The molecule has 2 aromatic carbocycles. The van der Waals surface area contributed by atoms with Gasteiger partial charge in [-0.15, -0.1) is 0 Å². The molecule has 0 N–H and O–H groups in total. The molecule has 0 saturated carbocycles. The molecular weight excluding hydrogens is 260 g/mol. The highest BCUT2D eigenvalue weighted by atomic mass is 16.3. The fourth-order valence-electron chi connectivity index (χ4n) is 2.49. The monoisotopic (exact) mass is 278 g/mol. The van der Waals surface area contributed by atoms with Crippen LogP contribution in [0.3, 0.4) is 0 Å². The molecule has 0 amide bonds. The Balaban J connectivity index is 2.07. The zero-order valence-electron chi connectivity index (χ0n) is 12.1. The van der Waals surface area contributed by atoms with Gasteiger partial charge in [0.2, 0.25) is 0 Å². The largest absolute Gasteiger partial charge is 0.461 e. The van der Waals surface area contributed by atoms with E-state index < -0.39 is 0 Å². The first kappa shape index (κ1) is 13.6. The summed E-state index contributed by atoms with van der Waals surface area (Å²) in [6.07, 6.45) is 2.95. The van der Waals surface area contributed by atoms with Gasteiger partial charge in [0.05, 0.1) is 5.39 Å². The summed E-state index contributed by atoms with van der Waals surface area (Å²) in [4.78, 5) is 12.3. The van der Waals surface area contributed by atoms with Crippen molar-refractivity contribution >= 4 is 11.0 Å². The van der Waals surface area contributed by atoms with Crippen LogP contribution in [0.25, 0.3) is 22.1 Å². The Morgan fingerprint density at radius 2 is 1.76 bits per heavy atom. The van der Waals surface area contributed by atoms with Crippen molar-refractivity contribution in [3.63, 3.8) is 0 Å². The Kier molecular flexibility index (Phi) is 3.87. The van der Waals surface area contributed by atoms with Crippen molar-refractivity contribution in [1.82, 2.24) is 0 Å². The topological polar surface area (TPSA) is 30.2 Å². The number of fused-ring (bicyclic) bond motifs is 1. The lowest BCUT2D eigenvalue weighted by Crippen LogP contribution is -2.02. The second-order valence-electron chi connectivity index (χ2n) is 5.26. The summed E-state index contributed by atoms with van der Waals surface area (Å²) >= 11 is 0. The Bertz CT molecular complexity index is 801. The van der Waals surface area contributed by atoms with E-state index in [1.807, 2.05) is 48.5 Å². The van der Waals surface area contributed by atoms with E-state index in [-0.39, 0.29) is 5.43 Å². The van der Waals surface area contributed by atoms with Crippen LogP contribution in [0.15, 0.2) is 63.8 Å². The average molecular weight is 278 g/mol. The Morgan fingerprint density at radius 1 is 0.952 bits per heavy atom. The SMILES string of the molecule is CCCCc1cc(=O)c2cc(-c3ccccc3)ccc2o1. The van der Waals surface area contributed by atoms with Gasteiger partial charge >= 0.3 is 0 Å².